The van der Waals surface area contributed by atoms with Crippen LogP contribution in [0.5, 0.6) is 17.2 Å². The van der Waals surface area contributed by atoms with Gasteiger partial charge in [0.1, 0.15) is 11.8 Å². The van der Waals surface area contributed by atoms with Crippen LogP contribution in [0.4, 0.5) is 0 Å². The number of hydrogen-bond acceptors (Lipinski definition) is 6. The van der Waals surface area contributed by atoms with Gasteiger partial charge in [0.15, 0.2) is 18.3 Å². The average Bonchev–Trinajstić information content (AvgIpc) is 2.71. The SMILES string of the molecule is CCC[C@@H](C(N)=O)N(O)C(=O)c1cc(OCOC)c(Oc2ccccc2)cc1C. The summed E-state index contributed by atoms with van der Waals surface area (Å²) in [5.41, 5.74) is 6.02. The predicted molar refractivity (Wildman–Crippen MR) is 106 cm³/mol. The number of ether oxygens (including phenoxy) is 3. The van der Waals surface area contributed by atoms with Gasteiger partial charge in [-0.05, 0) is 43.2 Å². The van der Waals surface area contributed by atoms with Gasteiger partial charge in [0.2, 0.25) is 5.91 Å². The summed E-state index contributed by atoms with van der Waals surface area (Å²) in [6, 6.07) is 11.0. The number of rotatable bonds is 10. The Balaban J connectivity index is 2.39. The smallest absolute Gasteiger partial charge is 0.278 e. The topological polar surface area (TPSA) is 111 Å². The maximum atomic E-state index is 12.8. The van der Waals surface area contributed by atoms with Crippen LogP contribution in [0.3, 0.4) is 0 Å². The van der Waals surface area contributed by atoms with E-state index < -0.39 is 17.9 Å². The highest BCUT2D eigenvalue weighted by Crippen LogP contribution is 2.35. The number of primary amides is 1. The Morgan fingerprint density at radius 1 is 1.17 bits per heavy atom. The number of hydrogen-bond donors (Lipinski definition) is 2. The third-order valence-corrected chi connectivity index (χ3v) is 4.22. The van der Waals surface area contributed by atoms with Crippen LogP contribution in [0.15, 0.2) is 42.5 Å². The van der Waals surface area contributed by atoms with Gasteiger partial charge in [-0.25, -0.2) is 5.06 Å². The van der Waals surface area contributed by atoms with E-state index in [4.69, 9.17) is 19.9 Å². The highest BCUT2D eigenvalue weighted by atomic mass is 16.7. The number of methoxy groups -OCH3 is 1. The van der Waals surface area contributed by atoms with E-state index in [1.54, 1.807) is 25.1 Å². The molecule has 2 aromatic carbocycles. The van der Waals surface area contributed by atoms with E-state index >= 15 is 0 Å². The molecule has 0 aliphatic carbocycles. The summed E-state index contributed by atoms with van der Waals surface area (Å²) >= 11 is 0. The van der Waals surface area contributed by atoms with Crippen molar-refractivity contribution >= 4 is 11.8 Å². The van der Waals surface area contributed by atoms with E-state index in [-0.39, 0.29) is 24.5 Å². The van der Waals surface area contributed by atoms with Gasteiger partial charge in [-0.15, -0.1) is 0 Å². The summed E-state index contributed by atoms with van der Waals surface area (Å²) in [6.07, 6.45) is 0.821. The number of carbonyl (C=O) groups excluding carboxylic acids is 2. The van der Waals surface area contributed by atoms with Crippen LogP contribution in [0, 0.1) is 6.92 Å². The van der Waals surface area contributed by atoms with Crippen molar-refractivity contribution in [2.75, 3.05) is 13.9 Å². The number of amides is 2. The minimum atomic E-state index is -1.12. The van der Waals surface area contributed by atoms with Gasteiger partial charge in [-0.2, -0.15) is 0 Å². The molecule has 0 saturated heterocycles. The number of nitrogens with zero attached hydrogens (tertiary/aromatic N) is 1. The number of nitrogens with two attached hydrogens (primary N) is 1. The van der Waals surface area contributed by atoms with Crippen LogP contribution < -0.4 is 15.2 Å². The normalized spacial score (nSPS) is 11.6. The molecule has 8 heteroatoms. The Kier molecular flexibility index (Phi) is 7.99. The first-order valence-electron chi connectivity index (χ1n) is 9.20. The molecular formula is C21H26N2O6. The molecule has 0 radical (unpaired) electrons. The molecule has 8 nitrogen and oxygen atoms in total. The minimum Gasteiger partial charge on any atom is -0.464 e. The molecule has 0 aliphatic rings. The molecule has 0 saturated carbocycles. The Morgan fingerprint density at radius 3 is 2.45 bits per heavy atom. The van der Waals surface area contributed by atoms with Crippen molar-refractivity contribution in [3.05, 3.63) is 53.6 Å². The largest absolute Gasteiger partial charge is 0.464 e. The maximum Gasteiger partial charge on any atom is 0.278 e. The standard InChI is InChI=1S/C21H26N2O6/c1-4-8-17(20(22)24)23(26)21(25)16-12-18(28-13-27-3)19(11-14(16)2)29-15-9-6-5-7-10-15/h5-7,9-12,17,26H,4,8,13H2,1-3H3,(H2,22,24)/t17-/m0/s1. The van der Waals surface area contributed by atoms with Crippen molar-refractivity contribution in [3.63, 3.8) is 0 Å². The summed E-state index contributed by atoms with van der Waals surface area (Å²) in [4.78, 5) is 24.4. The lowest BCUT2D eigenvalue weighted by atomic mass is 10.0. The molecule has 156 valence electrons. The van der Waals surface area contributed by atoms with Gasteiger partial charge in [0.25, 0.3) is 5.91 Å². The van der Waals surface area contributed by atoms with E-state index in [2.05, 4.69) is 0 Å². The number of carbonyl (C=O) groups is 2. The monoisotopic (exact) mass is 402 g/mol. The fraction of sp³-hybridized carbons (Fsp3) is 0.333. The molecule has 0 heterocycles. The second kappa shape index (κ2) is 10.4. The molecule has 3 N–H and O–H groups in total. The van der Waals surface area contributed by atoms with Crippen molar-refractivity contribution in [1.82, 2.24) is 5.06 Å². The van der Waals surface area contributed by atoms with E-state index in [0.717, 1.165) is 0 Å². The van der Waals surface area contributed by atoms with Crippen molar-refractivity contribution in [1.29, 1.82) is 0 Å². The minimum absolute atomic E-state index is 0.0651. The first-order chi connectivity index (χ1) is 13.9. The predicted octanol–water partition coefficient (Wildman–Crippen LogP) is 3.26. The molecule has 2 aromatic rings. The molecule has 0 fully saturated rings. The van der Waals surface area contributed by atoms with E-state index in [0.29, 0.717) is 28.5 Å². The average molecular weight is 402 g/mol. The molecule has 0 aromatic heterocycles. The quantitative estimate of drug-likeness (QED) is 0.358. The molecule has 0 aliphatic heterocycles. The number of para-hydroxylation sites is 1. The molecule has 2 amide bonds. The highest BCUT2D eigenvalue weighted by molar-refractivity contribution is 5.98. The van der Waals surface area contributed by atoms with Gasteiger partial charge in [0.05, 0.1) is 0 Å². The van der Waals surface area contributed by atoms with Crippen molar-refractivity contribution in [2.24, 2.45) is 5.73 Å². The lowest BCUT2D eigenvalue weighted by Crippen LogP contribution is -2.46. The zero-order valence-electron chi connectivity index (χ0n) is 16.8. The first kappa shape index (κ1) is 22.2. The van der Waals surface area contributed by atoms with E-state index in [9.17, 15) is 14.8 Å². The Morgan fingerprint density at radius 2 is 1.86 bits per heavy atom. The lowest BCUT2D eigenvalue weighted by Gasteiger charge is -2.24. The van der Waals surface area contributed by atoms with Crippen molar-refractivity contribution < 1.29 is 29.0 Å². The van der Waals surface area contributed by atoms with E-state index in [1.165, 1.54) is 13.2 Å². The fourth-order valence-corrected chi connectivity index (χ4v) is 2.75. The molecule has 1 atom stereocenters. The van der Waals surface area contributed by atoms with Crippen LogP contribution in [0.2, 0.25) is 0 Å². The number of hydroxylamine groups is 2. The second-order valence-corrected chi connectivity index (χ2v) is 6.44. The number of aryl methyl sites for hydroxylation is 1. The van der Waals surface area contributed by atoms with Gasteiger partial charge in [-0.3, -0.25) is 14.8 Å². The van der Waals surface area contributed by atoms with Crippen LogP contribution in [-0.2, 0) is 9.53 Å². The summed E-state index contributed by atoms with van der Waals surface area (Å²) in [5.74, 6) is -0.307. The Bertz CT molecular complexity index is 841. The third-order valence-electron chi connectivity index (χ3n) is 4.22. The van der Waals surface area contributed by atoms with Gasteiger partial charge < -0.3 is 19.9 Å². The summed E-state index contributed by atoms with van der Waals surface area (Å²) < 4.78 is 16.4. The summed E-state index contributed by atoms with van der Waals surface area (Å²) in [7, 11) is 1.47. The van der Waals surface area contributed by atoms with Crippen LogP contribution >= 0.6 is 0 Å². The van der Waals surface area contributed by atoms with Crippen molar-refractivity contribution in [3.8, 4) is 17.2 Å². The zero-order valence-corrected chi connectivity index (χ0v) is 16.8. The third kappa shape index (κ3) is 5.69. The molecule has 0 bridgehead atoms. The van der Waals surface area contributed by atoms with Gasteiger partial charge >= 0.3 is 0 Å². The van der Waals surface area contributed by atoms with Gasteiger partial charge in [0, 0.05) is 12.7 Å². The summed E-state index contributed by atoms with van der Waals surface area (Å²) in [6.45, 7) is 3.45. The molecular weight excluding hydrogens is 376 g/mol. The molecule has 2 rings (SSSR count). The Labute approximate surface area is 169 Å². The first-order valence-corrected chi connectivity index (χ1v) is 9.20. The van der Waals surface area contributed by atoms with Crippen LogP contribution in [-0.4, -0.2) is 42.0 Å². The zero-order chi connectivity index (χ0) is 21.4. The highest BCUT2D eigenvalue weighted by Gasteiger charge is 2.29. The van der Waals surface area contributed by atoms with Crippen LogP contribution in [0.1, 0.15) is 35.7 Å². The van der Waals surface area contributed by atoms with Gasteiger partial charge in [-0.1, -0.05) is 31.5 Å². The van der Waals surface area contributed by atoms with E-state index in [1.807, 2.05) is 25.1 Å². The maximum absolute atomic E-state index is 12.8. The Hall–Kier alpha value is -3.10. The number of benzene rings is 2. The lowest BCUT2D eigenvalue weighted by molar-refractivity contribution is -0.139. The summed E-state index contributed by atoms with van der Waals surface area (Å²) in [5, 5.41) is 10.7. The molecule has 29 heavy (non-hydrogen) atoms. The van der Waals surface area contributed by atoms with Crippen LogP contribution in [0.25, 0.3) is 0 Å². The fourth-order valence-electron chi connectivity index (χ4n) is 2.75. The van der Waals surface area contributed by atoms with Crippen molar-refractivity contribution in [2.45, 2.75) is 32.7 Å². The molecule has 0 unspecified atom stereocenters. The second-order valence-electron chi connectivity index (χ2n) is 6.44. The molecule has 0 spiro atoms.